The number of hydrogen-bond donors (Lipinski definition) is 3. The van der Waals surface area contributed by atoms with E-state index < -0.39 is 5.97 Å². The summed E-state index contributed by atoms with van der Waals surface area (Å²) in [4.78, 5) is 35.2. The fraction of sp³-hybridized carbons (Fsp3) is 0.214. The third-order valence-corrected chi connectivity index (χ3v) is 6.35. The SMILES string of the molecule is Cc1cc(C(=O)Nc2cccc(CNc3ncnc4c(C(=O)O)cccc34)c2)ccc1N1CCOCC1. The molecule has 3 N–H and O–H groups in total. The molecule has 9 nitrogen and oxygen atoms in total. The maximum Gasteiger partial charge on any atom is 0.337 e. The van der Waals surface area contributed by atoms with Gasteiger partial charge in [0.2, 0.25) is 0 Å². The lowest BCUT2D eigenvalue weighted by molar-refractivity contribution is 0.0698. The molecular formula is C28H27N5O4. The number of anilines is 3. The molecule has 0 atom stereocenters. The second kappa shape index (κ2) is 10.6. The molecule has 1 fully saturated rings. The van der Waals surface area contributed by atoms with Crippen LogP contribution in [0, 0.1) is 6.92 Å². The van der Waals surface area contributed by atoms with Gasteiger partial charge in [-0.2, -0.15) is 0 Å². The molecule has 4 aromatic rings. The standard InChI is InChI=1S/C28H27N5O4/c1-18-14-20(8-9-24(18)33-10-12-37-13-11-33)27(34)32-21-5-2-4-19(15-21)16-29-26-22-6-3-7-23(28(35)36)25(22)30-17-31-26/h2-9,14-15,17H,10-13,16H2,1H3,(H,32,34)(H,35,36)(H,29,30,31). The molecule has 0 unspecified atom stereocenters. The van der Waals surface area contributed by atoms with E-state index in [4.69, 9.17) is 4.74 Å². The van der Waals surface area contributed by atoms with Gasteiger partial charge in [0.15, 0.2) is 0 Å². The van der Waals surface area contributed by atoms with Crippen LogP contribution >= 0.6 is 0 Å². The Balaban J connectivity index is 1.27. The van der Waals surface area contributed by atoms with Crippen molar-refractivity contribution in [1.82, 2.24) is 9.97 Å². The zero-order chi connectivity index (χ0) is 25.8. The predicted molar refractivity (Wildman–Crippen MR) is 142 cm³/mol. The zero-order valence-corrected chi connectivity index (χ0v) is 20.4. The number of benzene rings is 3. The van der Waals surface area contributed by atoms with Gasteiger partial charge < -0.3 is 25.4 Å². The first-order valence-electron chi connectivity index (χ1n) is 12.0. The Labute approximate surface area is 214 Å². The summed E-state index contributed by atoms with van der Waals surface area (Å²) in [5.41, 5.74) is 4.89. The number of carbonyl (C=O) groups is 2. The van der Waals surface area contributed by atoms with Gasteiger partial charge >= 0.3 is 5.97 Å². The van der Waals surface area contributed by atoms with Gasteiger partial charge in [0, 0.05) is 42.0 Å². The summed E-state index contributed by atoms with van der Waals surface area (Å²) in [6.07, 6.45) is 1.35. The average molecular weight is 498 g/mol. The monoisotopic (exact) mass is 497 g/mol. The highest BCUT2D eigenvalue weighted by atomic mass is 16.5. The molecule has 0 spiro atoms. The molecule has 9 heteroatoms. The van der Waals surface area contributed by atoms with Crippen LogP contribution in [0.1, 0.15) is 31.8 Å². The molecule has 2 heterocycles. The van der Waals surface area contributed by atoms with E-state index in [1.54, 1.807) is 12.1 Å². The van der Waals surface area contributed by atoms with E-state index in [1.165, 1.54) is 12.4 Å². The number of fused-ring (bicyclic) bond motifs is 1. The predicted octanol–water partition coefficient (Wildman–Crippen LogP) is 4.34. The van der Waals surface area contributed by atoms with E-state index in [0.717, 1.165) is 29.9 Å². The van der Waals surface area contributed by atoms with E-state index in [9.17, 15) is 14.7 Å². The van der Waals surface area contributed by atoms with Gasteiger partial charge in [-0.3, -0.25) is 4.79 Å². The number of rotatable bonds is 7. The minimum atomic E-state index is -1.04. The fourth-order valence-electron chi connectivity index (χ4n) is 4.50. The first-order chi connectivity index (χ1) is 18.0. The lowest BCUT2D eigenvalue weighted by Gasteiger charge is -2.30. The van der Waals surface area contributed by atoms with Gasteiger partial charge in [0.1, 0.15) is 12.1 Å². The summed E-state index contributed by atoms with van der Waals surface area (Å²) < 4.78 is 5.44. The van der Waals surface area contributed by atoms with Gasteiger partial charge in [-0.25, -0.2) is 14.8 Å². The van der Waals surface area contributed by atoms with Crippen LogP contribution in [0.4, 0.5) is 17.2 Å². The van der Waals surface area contributed by atoms with Gasteiger partial charge in [-0.05, 0) is 60.5 Å². The number of para-hydroxylation sites is 1. The first-order valence-corrected chi connectivity index (χ1v) is 12.0. The Morgan fingerprint density at radius 3 is 2.62 bits per heavy atom. The molecule has 1 aliphatic heterocycles. The van der Waals surface area contributed by atoms with Gasteiger partial charge in [-0.1, -0.05) is 18.2 Å². The molecule has 37 heavy (non-hydrogen) atoms. The maximum atomic E-state index is 13.0. The summed E-state index contributed by atoms with van der Waals surface area (Å²) in [6, 6.07) is 18.3. The molecule has 5 rings (SSSR count). The highest BCUT2D eigenvalue weighted by Gasteiger charge is 2.16. The van der Waals surface area contributed by atoms with Crippen LogP contribution in [0.15, 0.2) is 67.0 Å². The van der Waals surface area contributed by atoms with Crippen molar-refractivity contribution in [3.8, 4) is 0 Å². The third-order valence-electron chi connectivity index (χ3n) is 6.35. The second-order valence-electron chi connectivity index (χ2n) is 8.84. The van der Waals surface area contributed by atoms with Crippen LogP contribution in [0.5, 0.6) is 0 Å². The molecular weight excluding hydrogens is 470 g/mol. The largest absolute Gasteiger partial charge is 0.478 e. The van der Waals surface area contributed by atoms with Crippen molar-refractivity contribution in [2.75, 3.05) is 41.8 Å². The minimum Gasteiger partial charge on any atom is -0.478 e. The minimum absolute atomic E-state index is 0.126. The van der Waals surface area contributed by atoms with Crippen LogP contribution < -0.4 is 15.5 Å². The number of nitrogens with zero attached hydrogens (tertiary/aromatic N) is 3. The second-order valence-corrected chi connectivity index (χ2v) is 8.84. The van der Waals surface area contributed by atoms with E-state index in [0.29, 0.717) is 47.7 Å². The van der Waals surface area contributed by atoms with Crippen molar-refractivity contribution in [3.63, 3.8) is 0 Å². The van der Waals surface area contributed by atoms with Gasteiger partial charge in [0.05, 0.1) is 24.3 Å². The van der Waals surface area contributed by atoms with Crippen LogP contribution in [0.25, 0.3) is 10.9 Å². The molecule has 188 valence electrons. The van der Waals surface area contributed by atoms with E-state index in [-0.39, 0.29) is 11.5 Å². The molecule has 3 aromatic carbocycles. The number of carbonyl (C=O) groups excluding carboxylic acids is 1. The van der Waals surface area contributed by atoms with Crippen molar-refractivity contribution in [3.05, 3.63) is 89.2 Å². The Morgan fingerprint density at radius 1 is 1.03 bits per heavy atom. The highest BCUT2D eigenvalue weighted by molar-refractivity contribution is 6.05. The fourth-order valence-corrected chi connectivity index (χ4v) is 4.50. The molecule has 0 radical (unpaired) electrons. The zero-order valence-electron chi connectivity index (χ0n) is 20.4. The average Bonchev–Trinajstić information content (AvgIpc) is 2.92. The van der Waals surface area contributed by atoms with E-state index in [1.807, 2.05) is 49.4 Å². The van der Waals surface area contributed by atoms with Gasteiger partial charge in [-0.15, -0.1) is 0 Å². The van der Waals surface area contributed by atoms with Crippen molar-refractivity contribution in [1.29, 1.82) is 0 Å². The molecule has 0 saturated carbocycles. The lowest BCUT2D eigenvalue weighted by atomic mass is 10.1. The van der Waals surface area contributed by atoms with Crippen LogP contribution in [-0.4, -0.2) is 53.3 Å². The van der Waals surface area contributed by atoms with Crippen LogP contribution in [0.2, 0.25) is 0 Å². The Kier molecular flexibility index (Phi) is 6.96. The number of ether oxygens (including phenoxy) is 1. The highest BCUT2D eigenvalue weighted by Crippen LogP contribution is 2.25. The van der Waals surface area contributed by atoms with E-state index in [2.05, 4.69) is 25.5 Å². The molecule has 0 bridgehead atoms. The number of morpholine rings is 1. The molecule has 1 aromatic heterocycles. The topological polar surface area (TPSA) is 117 Å². The van der Waals surface area contributed by atoms with Crippen molar-refractivity contribution in [2.24, 2.45) is 0 Å². The Bertz CT molecular complexity index is 1470. The Morgan fingerprint density at radius 2 is 1.84 bits per heavy atom. The Hall–Kier alpha value is -4.50. The molecule has 0 aliphatic carbocycles. The van der Waals surface area contributed by atoms with E-state index >= 15 is 0 Å². The molecule has 1 saturated heterocycles. The number of aromatic carboxylic acids is 1. The normalized spacial score (nSPS) is 13.4. The number of amides is 1. The maximum absolute atomic E-state index is 13.0. The number of carboxylic acids is 1. The number of carboxylic acid groups (broad SMARTS) is 1. The van der Waals surface area contributed by atoms with Crippen molar-refractivity contribution >= 4 is 40.0 Å². The van der Waals surface area contributed by atoms with Crippen molar-refractivity contribution in [2.45, 2.75) is 13.5 Å². The number of hydrogen-bond acceptors (Lipinski definition) is 7. The summed E-state index contributed by atoms with van der Waals surface area (Å²) in [5.74, 6) is -0.673. The summed E-state index contributed by atoms with van der Waals surface area (Å²) >= 11 is 0. The molecule has 1 amide bonds. The quantitative estimate of drug-likeness (QED) is 0.345. The van der Waals surface area contributed by atoms with Crippen molar-refractivity contribution < 1.29 is 19.4 Å². The number of nitrogens with one attached hydrogen (secondary N) is 2. The first kappa shape index (κ1) is 24.2. The summed E-state index contributed by atoms with van der Waals surface area (Å²) in [7, 11) is 0. The summed E-state index contributed by atoms with van der Waals surface area (Å²) in [6.45, 7) is 5.56. The number of aromatic nitrogens is 2. The van der Waals surface area contributed by atoms with Crippen LogP contribution in [0.3, 0.4) is 0 Å². The molecule has 1 aliphatic rings. The summed E-state index contributed by atoms with van der Waals surface area (Å²) in [5, 5.41) is 16.3. The van der Waals surface area contributed by atoms with Crippen LogP contribution in [-0.2, 0) is 11.3 Å². The lowest BCUT2D eigenvalue weighted by Crippen LogP contribution is -2.36. The third kappa shape index (κ3) is 5.36. The van der Waals surface area contributed by atoms with Gasteiger partial charge in [0.25, 0.3) is 5.91 Å². The number of aryl methyl sites for hydroxylation is 1. The smallest absolute Gasteiger partial charge is 0.337 e.